The smallest absolute Gasteiger partial charge is 0.353 e. The lowest BCUT2D eigenvalue weighted by atomic mass is 10.1. The zero-order valence-electron chi connectivity index (χ0n) is 22.9. The van der Waals surface area contributed by atoms with Gasteiger partial charge in [0.25, 0.3) is 0 Å². The third kappa shape index (κ3) is 5.87. The minimum absolute atomic E-state index is 0.0730. The highest BCUT2D eigenvalue weighted by Crippen LogP contribution is 2.37. The van der Waals surface area contributed by atoms with Crippen molar-refractivity contribution in [3.63, 3.8) is 0 Å². The van der Waals surface area contributed by atoms with Gasteiger partial charge in [-0.05, 0) is 42.5 Å². The molecule has 6 rings (SSSR count). The summed E-state index contributed by atoms with van der Waals surface area (Å²) in [7, 11) is 0. The number of anilines is 4. The van der Waals surface area contributed by atoms with Crippen molar-refractivity contribution in [3.05, 3.63) is 119 Å². The van der Waals surface area contributed by atoms with E-state index in [-0.39, 0.29) is 49.5 Å². The van der Waals surface area contributed by atoms with Gasteiger partial charge in [0, 0.05) is 49.3 Å². The molecule has 5 aromatic rings. The summed E-state index contributed by atoms with van der Waals surface area (Å²) < 4.78 is 45.1. The first-order valence-electron chi connectivity index (χ1n) is 13.7. The van der Waals surface area contributed by atoms with Crippen LogP contribution in [0, 0.1) is 0 Å². The van der Waals surface area contributed by atoms with Crippen molar-refractivity contribution in [1.82, 2.24) is 14.5 Å². The number of rotatable bonds is 5. The van der Waals surface area contributed by atoms with Crippen LogP contribution in [0.25, 0.3) is 16.7 Å². The summed E-state index contributed by atoms with van der Waals surface area (Å²) in [5.41, 5.74) is -0.132. The van der Waals surface area contributed by atoms with Gasteiger partial charge in [0.05, 0.1) is 10.9 Å². The van der Waals surface area contributed by atoms with Crippen LogP contribution in [0.5, 0.6) is 0 Å². The summed E-state index contributed by atoms with van der Waals surface area (Å²) in [6, 6.07) is 28.7. The van der Waals surface area contributed by atoms with Crippen LogP contribution in [0.4, 0.5) is 41.0 Å². The number of carbonyl (C=O) groups excluding carboxylic acids is 1. The molecule has 11 heteroatoms. The molecule has 1 saturated heterocycles. The van der Waals surface area contributed by atoms with Gasteiger partial charge < -0.3 is 20.4 Å². The van der Waals surface area contributed by atoms with Crippen molar-refractivity contribution in [2.24, 2.45) is 0 Å². The molecule has 0 radical (unpaired) electrons. The standard InChI is InChI=1S/C32H27F3N6O2/c33-32(34,35)25-20-27(39-16-18-40(19-17-39)31(43)37-23-12-6-2-7-13-23)38-30-29(25)26(42)21-28(36-22-10-4-1-5-11-22)41(30)24-14-8-3-9-15-24/h1-15,20-21,36H,16-19H2,(H,37,43). The number of para-hydroxylation sites is 3. The Bertz CT molecular complexity index is 1800. The molecule has 1 aliphatic heterocycles. The lowest BCUT2D eigenvalue weighted by Crippen LogP contribution is -2.50. The van der Waals surface area contributed by atoms with Crippen LogP contribution in [0.2, 0.25) is 0 Å². The van der Waals surface area contributed by atoms with Gasteiger partial charge in [-0.1, -0.05) is 54.6 Å². The minimum atomic E-state index is -4.81. The van der Waals surface area contributed by atoms with Gasteiger partial charge in [-0.3, -0.25) is 9.36 Å². The van der Waals surface area contributed by atoms with Crippen LogP contribution in [0.1, 0.15) is 5.56 Å². The van der Waals surface area contributed by atoms with E-state index in [1.165, 1.54) is 10.6 Å². The molecule has 0 bridgehead atoms. The molecule has 1 fully saturated rings. The third-order valence-corrected chi connectivity index (χ3v) is 7.24. The van der Waals surface area contributed by atoms with E-state index < -0.39 is 22.6 Å². The van der Waals surface area contributed by atoms with Crippen LogP contribution < -0.4 is 21.0 Å². The molecule has 3 heterocycles. The van der Waals surface area contributed by atoms with Crippen molar-refractivity contribution in [3.8, 4) is 5.69 Å². The first-order chi connectivity index (χ1) is 20.8. The largest absolute Gasteiger partial charge is 0.417 e. The SMILES string of the molecule is O=C(Nc1ccccc1)N1CCN(c2cc(C(F)(F)F)c3c(=O)cc(Nc4ccccc4)n(-c4ccccc4)c3n2)CC1. The molecule has 3 aromatic carbocycles. The number of alkyl halides is 3. The number of benzene rings is 3. The highest BCUT2D eigenvalue weighted by Gasteiger charge is 2.36. The Morgan fingerprint density at radius 3 is 1.95 bits per heavy atom. The van der Waals surface area contributed by atoms with E-state index in [0.717, 1.165) is 6.07 Å². The van der Waals surface area contributed by atoms with Crippen molar-refractivity contribution in [2.45, 2.75) is 6.18 Å². The van der Waals surface area contributed by atoms with Crippen LogP contribution in [-0.2, 0) is 6.18 Å². The van der Waals surface area contributed by atoms with Crippen molar-refractivity contribution < 1.29 is 18.0 Å². The van der Waals surface area contributed by atoms with Crippen LogP contribution in [-0.4, -0.2) is 46.7 Å². The van der Waals surface area contributed by atoms with Gasteiger partial charge in [0.1, 0.15) is 11.6 Å². The molecule has 0 unspecified atom stereocenters. The molecule has 2 N–H and O–H groups in total. The van der Waals surface area contributed by atoms with Gasteiger partial charge in [-0.15, -0.1) is 0 Å². The second kappa shape index (κ2) is 11.5. The quantitative estimate of drug-likeness (QED) is 0.246. The van der Waals surface area contributed by atoms with E-state index in [4.69, 9.17) is 0 Å². The number of carbonyl (C=O) groups is 1. The minimum Gasteiger partial charge on any atom is -0.353 e. The molecular formula is C32H27F3N6O2. The van der Waals surface area contributed by atoms with Gasteiger partial charge in [-0.25, -0.2) is 9.78 Å². The van der Waals surface area contributed by atoms with E-state index >= 15 is 0 Å². The maximum atomic E-state index is 14.5. The Hall–Kier alpha value is -5.32. The second-order valence-corrected chi connectivity index (χ2v) is 10.1. The molecule has 0 saturated carbocycles. The first-order valence-corrected chi connectivity index (χ1v) is 13.7. The molecule has 2 aromatic heterocycles. The lowest BCUT2D eigenvalue weighted by molar-refractivity contribution is -0.136. The fraction of sp³-hybridized carbons (Fsp3) is 0.156. The Morgan fingerprint density at radius 2 is 1.35 bits per heavy atom. The Morgan fingerprint density at radius 1 is 0.767 bits per heavy atom. The number of hydrogen-bond acceptors (Lipinski definition) is 5. The number of nitrogens with zero attached hydrogens (tertiary/aromatic N) is 4. The summed E-state index contributed by atoms with van der Waals surface area (Å²) in [5.74, 6) is 0.346. The average Bonchev–Trinajstić information content (AvgIpc) is 3.01. The molecule has 43 heavy (non-hydrogen) atoms. The maximum Gasteiger partial charge on any atom is 0.417 e. The molecule has 2 amide bonds. The van der Waals surface area contributed by atoms with Crippen molar-refractivity contribution in [1.29, 1.82) is 0 Å². The predicted octanol–water partition coefficient (Wildman–Crippen LogP) is 6.50. The molecule has 0 atom stereocenters. The highest BCUT2D eigenvalue weighted by atomic mass is 19.4. The van der Waals surface area contributed by atoms with Crippen LogP contribution >= 0.6 is 0 Å². The van der Waals surface area contributed by atoms with E-state index in [1.54, 1.807) is 64.4 Å². The number of amides is 2. The summed E-state index contributed by atoms with van der Waals surface area (Å²) in [6.07, 6.45) is -4.81. The van der Waals surface area contributed by atoms with E-state index in [1.807, 2.05) is 36.4 Å². The van der Waals surface area contributed by atoms with Crippen molar-refractivity contribution in [2.75, 3.05) is 41.7 Å². The number of pyridine rings is 2. The predicted molar refractivity (Wildman–Crippen MR) is 161 cm³/mol. The second-order valence-electron chi connectivity index (χ2n) is 10.1. The highest BCUT2D eigenvalue weighted by molar-refractivity contribution is 5.89. The zero-order valence-corrected chi connectivity index (χ0v) is 22.9. The first kappa shape index (κ1) is 27.8. The summed E-state index contributed by atoms with van der Waals surface area (Å²) in [6.45, 7) is 1.08. The summed E-state index contributed by atoms with van der Waals surface area (Å²) >= 11 is 0. The van der Waals surface area contributed by atoms with Gasteiger partial charge in [0.15, 0.2) is 11.1 Å². The summed E-state index contributed by atoms with van der Waals surface area (Å²) in [4.78, 5) is 34.1. The zero-order chi connectivity index (χ0) is 30.0. The molecule has 0 aliphatic carbocycles. The Kier molecular flexibility index (Phi) is 7.45. The Labute approximate surface area is 245 Å². The number of urea groups is 1. The topological polar surface area (TPSA) is 82.5 Å². The number of piperazine rings is 1. The van der Waals surface area contributed by atoms with Crippen LogP contribution in [0.3, 0.4) is 0 Å². The van der Waals surface area contributed by atoms with Gasteiger partial charge in [-0.2, -0.15) is 13.2 Å². The average molecular weight is 585 g/mol. The number of nitrogens with one attached hydrogen (secondary N) is 2. The molecular weight excluding hydrogens is 557 g/mol. The molecule has 218 valence electrons. The molecule has 0 spiro atoms. The third-order valence-electron chi connectivity index (χ3n) is 7.24. The molecule has 8 nitrogen and oxygen atoms in total. The van der Waals surface area contributed by atoms with E-state index in [0.29, 0.717) is 17.1 Å². The van der Waals surface area contributed by atoms with E-state index in [2.05, 4.69) is 15.6 Å². The fourth-order valence-corrected chi connectivity index (χ4v) is 5.15. The van der Waals surface area contributed by atoms with Gasteiger partial charge >= 0.3 is 12.2 Å². The number of hydrogen-bond donors (Lipinski definition) is 2. The molecule has 1 aliphatic rings. The monoisotopic (exact) mass is 584 g/mol. The van der Waals surface area contributed by atoms with E-state index in [9.17, 15) is 22.8 Å². The maximum absolute atomic E-state index is 14.5. The fourth-order valence-electron chi connectivity index (χ4n) is 5.15. The lowest BCUT2D eigenvalue weighted by Gasteiger charge is -2.35. The van der Waals surface area contributed by atoms with Gasteiger partial charge in [0.2, 0.25) is 0 Å². The Balaban J connectivity index is 1.42. The number of aromatic nitrogens is 2. The number of halogens is 3. The summed E-state index contributed by atoms with van der Waals surface area (Å²) in [5, 5.41) is 5.50. The normalized spacial score (nSPS) is 13.7. The number of fused-ring (bicyclic) bond motifs is 1. The van der Waals surface area contributed by atoms with Crippen molar-refractivity contribution >= 4 is 40.1 Å². The van der Waals surface area contributed by atoms with Crippen LogP contribution in [0.15, 0.2) is 108 Å².